The monoisotopic (exact) mass is 303 g/mol. The number of ether oxygens (including phenoxy) is 1. The van der Waals surface area contributed by atoms with E-state index in [4.69, 9.17) is 15.7 Å². The second kappa shape index (κ2) is 5.44. The van der Waals surface area contributed by atoms with Crippen molar-refractivity contribution in [2.24, 2.45) is 10.9 Å². The number of nitrogens with two attached hydrogens (primary N) is 1. The summed E-state index contributed by atoms with van der Waals surface area (Å²) in [6.45, 7) is 0.0369. The number of oxime groups is 1. The Kier molecular flexibility index (Phi) is 3.99. The van der Waals surface area contributed by atoms with Gasteiger partial charge in [0, 0.05) is 6.54 Å². The number of halogens is 3. The molecule has 0 bridgehead atoms. The number of amidine groups is 1. The number of nitrogens with one attached hydrogen (secondary N) is 1. The third kappa shape index (κ3) is 3.05. The molecule has 5 nitrogen and oxygen atoms in total. The molecular weight excluding hydrogens is 287 g/mol. The van der Waals surface area contributed by atoms with Gasteiger partial charge >= 0.3 is 6.18 Å². The normalized spacial score (nSPS) is 17.6. The lowest BCUT2D eigenvalue weighted by Crippen LogP contribution is -2.44. The first-order chi connectivity index (χ1) is 9.83. The van der Waals surface area contributed by atoms with Crippen molar-refractivity contribution < 1.29 is 23.1 Å². The maximum atomic E-state index is 12.8. The third-order valence-electron chi connectivity index (χ3n) is 3.57. The first-order valence-electron chi connectivity index (χ1n) is 6.29. The third-order valence-corrected chi connectivity index (χ3v) is 3.57. The summed E-state index contributed by atoms with van der Waals surface area (Å²) in [5.74, 6) is 0.219. The van der Waals surface area contributed by atoms with Crippen LogP contribution in [0.3, 0.4) is 0 Å². The van der Waals surface area contributed by atoms with E-state index >= 15 is 0 Å². The minimum Gasteiger partial charge on any atom is -0.496 e. The number of benzene rings is 1. The Hall–Kier alpha value is -1.96. The SMILES string of the molecule is COc1ccc(CNC2(C(F)(F)F)CC2)cc1/C(N)=N/O. The highest BCUT2D eigenvalue weighted by Crippen LogP contribution is 2.49. The lowest BCUT2D eigenvalue weighted by atomic mass is 10.1. The predicted molar refractivity (Wildman–Crippen MR) is 70.4 cm³/mol. The highest BCUT2D eigenvalue weighted by Gasteiger charge is 2.62. The van der Waals surface area contributed by atoms with Crippen molar-refractivity contribution in [2.45, 2.75) is 31.1 Å². The molecule has 0 saturated heterocycles. The second-order valence-electron chi connectivity index (χ2n) is 4.95. The molecule has 0 aromatic heterocycles. The van der Waals surface area contributed by atoms with Gasteiger partial charge in [0.15, 0.2) is 5.84 Å². The molecule has 2 rings (SSSR count). The first kappa shape index (κ1) is 15.4. The van der Waals surface area contributed by atoms with Crippen LogP contribution in [-0.4, -0.2) is 29.9 Å². The van der Waals surface area contributed by atoms with Crippen LogP contribution >= 0.6 is 0 Å². The Morgan fingerprint density at radius 1 is 1.48 bits per heavy atom. The molecule has 0 atom stereocenters. The fraction of sp³-hybridized carbons (Fsp3) is 0.462. The molecule has 1 fully saturated rings. The first-order valence-corrected chi connectivity index (χ1v) is 6.29. The summed E-state index contributed by atoms with van der Waals surface area (Å²) in [7, 11) is 1.42. The van der Waals surface area contributed by atoms with Crippen molar-refractivity contribution in [3.8, 4) is 5.75 Å². The number of hydrogen-bond acceptors (Lipinski definition) is 4. The van der Waals surface area contributed by atoms with Gasteiger partial charge in [-0.05, 0) is 30.5 Å². The standard InChI is InChI=1S/C13H16F3N3O2/c1-21-10-3-2-8(6-9(10)11(17)19-20)7-18-12(4-5-12)13(14,15)16/h2-3,6,18,20H,4-5,7H2,1H3,(H2,17,19). The van der Waals surface area contributed by atoms with E-state index < -0.39 is 11.7 Å². The van der Waals surface area contributed by atoms with Gasteiger partial charge in [0.1, 0.15) is 11.3 Å². The van der Waals surface area contributed by atoms with Crippen LogP contribution in [0.1, 0.15) is 24.0 Å². The molecule has 0 unspecified atom stereocenters. The molecule has 21 heavy (non-hydrogen) atoms. The van der Waals surface area contributed by atoms with Crippen molar-refractivity contribution in [1.82, 2.24) is 5.32 Å². The van der Waals surface area contributed by atoms with Gasteiger partial charge in [-0.15, -0.1) is 0 Å². The van der Waals surface area contributed by atoms with Crippen molar-refractivity contribution in [3.63, 3.8) is 0 Å². The number of rotatable bonds is 5. The molecule has 8 heteroatoms. The Morgan fingerprint density at radius 2 is 2.14 bits per heavy atom. The molecular formula is C13H16F3N3O2. The van der Waals surface area contributed by atoms with Gasteiger partial charge in [-0.3, -0.25) is 5.32 Å². The molecule has 1 aliphatic carbocycles. The van der Waals surface area contributed by atoms with E-state index in [2.05, 4.69) is 10.5 Å². The summed E-state index contributed by atoms with van der Waals surface area (Å²) in [4.78, 5) is 0. The van der Waals surface area contributed by atoms with Crippen LogP contribution in [0.4, 0.5) is 13.2 Å². The molecule has 1 aromatic rings. The molecule has 1 saturated carbocycles. The van der Waals surface area contributed by atoms with Crippen molar-refractivity contribution in [3.05, 3.63) is 29.3 Å². The van der Waals surface area contributed by atoms with Crippen molar-refractivity contribution in [2.75, 3.05) is 7.11 Å². The Bertz CT molecular complexity index is 554. The average Bonchev–Trinajstić information content (AvgIpc) is 3.24. The highest BCUT2D eigenvalue weighted by molar-refractivity contribution is 5.99. The molecule has 0 heterocycles. The summed E-state index contributed by atoms with van der Waals surface area (Å²) in [6.07, 6.45) is -4.09. The number of alkyl halides is 3. The van der Waals surface area contributed by atoms with Crippen LogP contribution in [0.2, 0.25) is 0 Å². The zero-order valence-corrected chi connectivity index (χ0v) is 11.4. The van der Waals surface area contributed by atoms with Crippen molar-refractivity contribution in [1.29, 1.82) is 0 Å². The van der Waals surface area contributed by atoms with Gasteiger partial charge < -0.3 is 15.7 Å². The fourth-order valence-corrected chi connectivity index (χ4v) is 2.08. The largest absolute Gasteiger partial charge is 0.496 e. The van der Waals surface area contributed by atoms with Gasteiger partial charge in [-0.2, -0.15) is 13.2 Å². The summed E-state index contributed by atoms with van der Waals surface area (Å²) < 4.78 is 43.5. The fourth-order valence-electron chi connectivity index (χ4n) is 2.08. The van der Waals surface area contributed by atoms with Gasteiger partial charge in [-0.1, -0.05) is 11.2 Å². The topological polar surface area (TPSA) is 79.9 Å². The molecule has 4 N–H and O–H groups in total. The minimum atomic E-state index is -4.26. The van der Waals surface area contributed by atoms with E-state index in [1.165, 1.54) is 13.2 Å². The second-order valence-corrected chi connectivity index (χ2v) is 4.95. The van der Waals surface area contributed by atoms with Gasteiger partial charge in [0.25, 0.3) is 0 Å². The van der Waals surface area contributed by atoms with Crippen LogP contribution in [0.5, 0.6) is 5.75 Å². The molecule has 0 aliphatic heterocycles. The summed E-state index contributed by atoms with van der Waals surface area (Å²) in [6, 6.07) is 4.73. The van der Waals surface area contributed by atoms with Crippen LogP contribution < -0.4 is 15.8 Å². The Balaban J connectivity index is 2.15. The summed E-state index contributed by atoms with van der Waals surface area (Å²) in [5, 5.41) is 14.1. The molecule has 0 amide bonds. The highest BCUT2D eigenvalue weighted by atomic mass is 19.4. The zero-order valence-electron chi connectivity index (χ0n) is 11.4. The van der Waals surface area contributed by atoms with Gasteiger partial charge in [0.2, 0.25) is 0 Å². The number of nitrogens with zero attached hydrogens (tertiary/aromatic N) is 1. The molecule has 0 spiro atoms. The lowest BCUT2D eigenvalue weighted by molar-refractivity contribution is -0.166. The van der Waals surface area contributed by atoms with Crippen LogP contribution in [0.15, 0.2) is 23.4 Å². The molecule has 0 radical (unpaired) electrons. The van der Waals surface area contributed by atoms with E-state index in [1.54, 1.807) is 12.1 Å². The van der Waals surface area contributed by atoms with Crippen LogP contribution in [0, 0.1) is 0 Å². The van der Waals surface area contributed by atoms with E-state index in [1.807, 2.05) is 0 Å². The molecule has 1 aliphatic rings. The lowest BCUT2D eigenvalue weighted by Gasteiger charge is -2.21. The van der Waals surface area contributed by atoms with E-state index in [0.29, 0.717) is 16.9 Å². The van der Waals surface area contributed by atoms with Crippen molar-refractivity contribution >= 4 is 5.84 Å². The number of methoxy groups -OCH3 is 1. The van der Waals surface area contributed by atoms with Gasteiger partial charge in [-0.25, -0.2) is 0 Å². The average molecular weight is 303 g/mol. The maximum absolute atomic E-state index is 12.8. The van der Waals surface area contributed by atoms with E-state index in [9.17, 15) is 13.2 Å². The van der Waals surface area contributed by atoms with Crippen LogP contribution in [0.25, 0.3) is 0 Å². The minimum absolute atomic E-state index is 0.0369. The summed E-state index contributed by atoms with van der Waals surface area (Å²) >= 11 is 0. The van der Waals surface area contributed by atoms with Gasteiger partial charge in [0.05, 0.1) is 12.7 Å². The smallest absolute Gasteiger partial charge is 0.406 e. The quantitative estimate of drug-likeness (QED) is 0.336. The molecule has 1 aromatic carbocycles. The zero-order chi connectivity index (χ0) is 15.7. The molecule has 116 valence electrons. The van der Waals surface area contributed by atoms with E-state index in [-0.39, 0.29) is 25.2 Å². The predicted octanol–water partition coefficient (Wildman–Crippen LogP) is 1.97. The van der Waals surface area contributed by atoms with Crippen LogP contribution in [-0.2, 0) is 6.54 Å². The maximum Gasteiger partial charge on any atom is 0.406 e. The Morgan fingerprint density at radius 3 is 2.62 bits per heavy atom. The van der Waals surface area contributed by atoms with E-state index in [0.717, 1.165) is 0 Å². The number of hydrogen-bond donors (Lipinski definition) is 3. The Labute approximate surface area is 119 Å². The summed E-state index contributed by atoms with van der Waals surface area (Å²) in [5.41, 5.74) is 4.67.